The monoisotopic (exact) mass is 390 g/mol. The number of carbonyl (C=O) groups excluding carboxylic acids is 1. The number of para-hydroxylation sites is 1. The molecule has 3 aromatic rings. The van der Waals surface area contributed by atoms with Gasteiger partial charge in [0.05, 0.1) is 0 Å². The maximum absolute atomic E-state index is 13.2. The number of hydrogen-bond acceptors (Lipinski definition) is 3. The Labute approximate surface area is 172 Å². The van der Waals surface area contributed by atoms with Gasteiger partial charge in [-0.3, -0.25) is 4.79 Å². The molecule has 1 fully saturated rings. The summed E-state index contributed by atoms with van der Waals surface area (Å²) < 4.78 is 2.17. The molecule has 0 aliphatic carbocycles. The minimum absolute atomic E-state index is 0.0338. The average Bonchev–Trinajstić information content (AvgIpc) is 3.13. The summed E-state index contributed by atoms with van der Waals surface area (Å²) in [6.45, 7) is 4.42. The smallest absolute Gasteiger partial charge is 0.268 e. The molecule has 5 heteroatoms. The van der Waals surface area contributed by atoms with Gasteiger partial charge < -0.3 is 20.5 Å². The van der Waals surface area contributed by atoms with Gasteiger partial charge in [0.25, 0.3) is 5.91 Å². The number of aryl methyl sites for hydroxylation is 2. The molecule has 152 valence electrons. The normalized spacial score (nSPS) is 15.6. The Bertz CT molecular complexity index is 942. The molecule has 5 nitrogen and oxygen atoms in total. The highest BCUT2D eigenvalue weighted by atomic mass is 16.2. The number of hydrogen-bond donors (Lipinski definition) is 2. The first-order valence-corrected chi connectivity index (χ1v) is 10.6. The molecular weight excluding hydrogens is 360 g/mol. The maximum Gasteiger partial charge on any atom is 0.268 e. The largest absolute Gasteiger partial charge is 0.348 e. The summed E-state index contributed by atoms with van der Waals surface area (Å²) in [6, 6.07) is 20.9. The number of aromatic nitrogens is 1. The second kappa shape index (κ2) is 9.25. The first kappa shape index (κ1) is 19.7. The van der Waals surface area contributed by atoms with Crippen LogP contribution in [0, 0.1) is 0 Å². The van der Waals surface area contributed by atoms with Gasteiger partial charge in [-0.05, 0) is 37.0 Å². The summed E-state index contributed by atoms with van der Waals surface area (Å²) in [6.07, 6.45) is 2.86. The van der Waals surface area contributed by atoms with Crippen LogP contribution in [-0.4, -0.2) is 47.6 Å². The molecule has 0 radical (unpaired) electrons. The van der Waals surface area contributed by atoms with Gasteiger partial charge in [0.15, 0.2) is 0 Å². The molecule has 2 aromatic carbocycles. The predicted molar refractivity (Wildman–Crippen MR) is 118 cm³/mol. The van der Waals surface area contributed by atoms with Crippen LogP contribution in [0.4, 0.5) is 0 Å². The number of amides is 1. The lowest BCUT2D eigenvalue weighted by molar-refractivity contribution is 0.0903. The van der Waals surface area contributed by atoms with E-state index in [1.807, 2.05) is 24.3 Å². The van der Waals surface area contributed by atoms with Crippen molar-refractivity contribution in [3.8, 4) is 0 Å². The summed E-state index contributed by atoms with van der Waals surface area (Å²) in [5.41, 5.74) is 8.82. The van der Waals surface area contributed by atoms with E-state index < -0.39 is 0 Å². The van der Waals surface area contributed by atoms with Gasteiger partial charge in [0.1, 0.15) is 5.69 Å². The van der Waals surface area contributed by atoms with Crippen molar-refractivity contribution in [1.82, 2.24) is 14.8 Å². The highest BCUT2D eigenvalue weighted by molar-refractivity contribution is 5.98. The number of likely N-dealkylation sites (tertiary alicyclic amines) is 1. The van der Waals surface area contributed by atoms with Crippen LogP contribution in [0.25, 0.3) is 10.9 Å². The quantitative estimate of drug-likeness (QED) is 0.652. The molecule has 1 aliphatic heterocycles. The van der Waals surface area contributed by atoms with Gasteiger partial charge in [-0.1, -0.05) is 48.5 Å². The first-order valence-electron chi connectivity index (χ1n) is 10.6. The molecule has 0 unspecified atom stereocenters. The van der Waals surface area contributed by atoms with E-state index in [0.29, 0.717) is 6.54 Å². The highest BCUT2D eigenvalue weighted by Crippen LogP contribution is 2.21. The van der Waals surface area contributed by atoms with Gasteiger partial charge in [-0.15, -0.1) is 0 Å². The molecule has 1 amide bonds. The fraction of sp³-hybridized carbons (Fsp3) is 0.375. The number of benzene rings is 2. The van der Waals surface area contributed by atoms with Crippen molar-refractivity contribution in [2.24, 2.45) is 5.73 Å². The predicted octanol–water partition coefficient (Wildman–Crippen LogP) is 3.04. The lowest BCUT2D eigenvalue weighted by Crippen LogP contribution is -2.46. The zero-order chi connectivity index (χ0) is 20.1. The van der Waals surface area contributed by atoms with Crippen molar-refractivity contribution in [3.63, 3.8) is 0 Å². The van der Waals surface area contributed by atoms with Crippen LogP contribution in [0.2, 0.25) is 0 Å². The second-order valence-electron chi connectivity index (χ2n) is 7.85. The number of nitrogens with zero attached hydrogens (tertiary/aromatic N) is 2. The average molecular weight is 391 g/mol. The fourth-order valence-electron chi connectivity index (χ4n) is 4.27. The van der Waals surface area contributed by atoms with E-state index in [1.54, 1.807) is 0 Å². The van der Waals surface area contributed by atoms with Gasteiger partial charge in [0, 0.05) is 49.7 Å². The first-order chi connectivity index (χ1) is 14.2. The summed E-state index contributed by atoms with van der Waals surface area (Å²) >= 11 is 0. The molecule has 0 spiro atoms. The van der Waals surface area contributed by atoms with Gasteiger partial charge in [0.2, 0.25) is 0 Å². The lowest BCUT2D eigenvalue weighted by Gasteiger charge is -2.32. The van der Waals surface area contributed by atoms with Crippen LogP contribution >= 0.6 is 0 Å². The van der Waals surface area contributed by atoms with Crippen molar-refractivity contribution < 1.29 is 4.79 Å². The van der Waals surface area contributed by atoms with E-state index in [-0.39, 0.29) is 11.9 Å². The van der Waals surface area contributed by atoms with Crippen molar-refractivity contribution >= 4 is 16.8 Å². The summed E-state index contributed by atoms with van der Waals surface area (Å²) in [5, 5.41) is 4.39. The third-order valence-corrected chi connectivity index (χ3v) is 5.88. The zero-order valence-corrected chi connectivity index (χ0v) is 16.9. The van der Waals surface area contributed by atoms with Gasteiger partial charge in [-0.2, -0.15) is 0 Å². The van der Waals surface area contributed by atoms with Gasteiger partial charge >= 0.3 is 0 Å². The van der Waals surface area contributed by atoms with E-state index in [1.165, 1.54) is 5.56 Å². The van der Waals surface area contributed by atoms with Crippen LogP contribution in [-0.2, 0) is 13.0 Å². The Morgan fingerprint density at radius 3 is 2.48 bits per heavy atom. The molecule has 4 rings (SSSR count). The number of nitrogens with one attached hydrogen (secondary N) is 1. The molecule has 29 heavy (non-hydrogen) atoms. The van der Waals surface area contributed by atoms with Gasteiger partial charge in [-0.25, -0.2) is 0 Å². The summed E-state index contributed by atoms with van der Waals surface area (Å²) in [5.74, 6) is 0.0338. The van der Waals surface area contributed by atoms with Crippen LogP contribution in [0.15, 0.2) is 60.7 Å². The molecule has 1 aromatic heterocycles. The standard InChI is InChI=1S/C24H30N4O/c25-13-17-27-14-11-21(12-15-27)26-24(29)23-18-20-8-4-5-9-22(20)28(23)16-10-19-6-2-1-3-7-19/h1-9,18,21H,10-17,25H2,(H,26,29). The molecule has 0 bridgehead atoms. The van der Waals surface area contributed by atoms with Crippen LogP contribution in [0.1, 0.15) is 28.9 Å². The molecule has 0 saturated carbocycles. The molecule has 1 aliphatic rings. The third-order valence-electron chi connectivity index (χ3n) is 5.88. The molecular formula is C24H30N4O. The molecule has 2 heterocycles. The SMILES string of the molecule is NCCN1CCC(NC(=O)c2cc3ccccc3n2CCc2ccccc2)CC1. The summed E-state index contributed by atoms with van der Waals surface area (Å²) in [7, 11) is 0. The Kier molecular flexibility index (Phi) is 6.27. The fourth-order valence-corrected chi connectivity index (χ4v) is 4.27. The third kappa shape index (κ3) is 4.69. The Hall–Kier alpha value is -2.63. The lowest BCUT2D eigenvalue weighted by atomic mass is 10.0. The minimum Gasteiger partial charge on any atom is -0.348 e. The number of fused-ring (bicyclic) bond motifs is 1. The number of carbonyl (C=O) groups is 1. The van der Waals surface area contributed by atoms with Crippen molar-refractivity contribution in [1.29, 1.82) is 0 Å². The van der Waals surface area contributed by atoms with Crippen LogP contribution < -0.4 is 11.1 Å². The number of rotatable bonds is 7. The van der Waals surface area contributed by atoms with Crippen molar-refractivity contribution in [3.05, 3.63) is 71.9 Å². The Balaban J connectivity index is 1.49. The number of piperidine rings is 1. The van der Waals surface area contributed by atoms with Crippen LogP contribution in [0.5, 0.6) is 0 Å². The van der Waals surface area contributed by atoms with E-state index >= 15 is 0 Å². The Morgan fingerprint density at radius 1 is 1.00 bits per heavy atom. The van der Waals surface area contributed by atoms with E-state index in [4.69, 9.17) is 5.73 Å². The molecule has 3 N–H and O–H groups in total. The van der Waals surface area contributed by atoms with Crippen molar-refractivity contribution in [2.75, 3.05) is 26.2 Å². The minimum atomic E-state index is 0.0338. The second-order valence-corrected chi connectivity index (χ2v) is 7.85. The zero-order valence-electron chi connectivity index (χ0n) is 16.9. The van der Waals surface area contributed by atoms with E-state index in [2.05, 4.69) is 51.2 Å². The van der Waals surface area contributed by atoms with E-state index in [0.717, 1.165) is 62.0 Å². The molecule has 1 saturated heterocycles. The summed E-state index contributed by atoms with van der Waals surface area (Å²) in [4.78, 5) is 15.5. The van der Waals surface area contributed by atoms with Crippen LogP contribution in [0.3, 0.4) is 0 Å². The molecule has 0 atom stereocenters. The topological polar surface area (TPSA) is 63.3 Å². The Morgan fingerprint density at radius 2 is 1.72 bits per heavy atom. The van der Waals surface area contributed by atoms with E-state index in [9.17, 15) is 4.79 Å². The number of nitrogens with two attached hydrogens (primary N) is 1. The van der Waals surface area contributed by atoms with Crippen molar-refractivity contribution in [2.45, 2.75) is 31.8 Å². The maximum atomic E-state index is 13.2. The highest BCUT2D eigenvalue weighted by Gasteiger charge is 2.22.